The van der Waals surface area contributed by atoms with Gasteiger partial charge in [-0.3, -0.25) is 25.0 Å². The molecule has 0 radical (unpaired) electrons. The predicted molar refractivity (Wildman–Crippen MR) is 80.0 cm³/mol. The molecule has 1 aromatic rings. The minimum absolute atomic E-state index is 0.145. The van der Waals surface area contributed by atoms with Crippen LogP contribution in [0, 0.1) is 10.3 Å². The average molecular weight is 301 g/mol. The molecule has 1 N–H and O–H groups in total. The fourth-order valence-corrected chi connectivity index (χ4v) is 2.48. The number of hydrogen-bond acceptors (Lipinski definition) is 6. The minimum Gasteiger partial charge on any atom is -0.492 e. The topological polar surface area (TPSA) is 98.4 Å². The van der Waals surface area contributed by atoms with Crippen LogP contribution in [0.4, 0.5) is 0 Å². The van der Waals surface area contributed by atoms with Gasteiger partial charge >= 0.3 is 0 Å². The van der Waals surface area contributed by atoms with Crippen molar-refractivity contribution in [1.29, 1.82) is 5.41 Å². The van der Waals surface area contributed by atoms with Gasteiger partial charge in [-0.2, -0.15) is 0 Å². The lowest BCUT2D eigenvalue weighted by Gasteiger charge is -2.36. The predicted octanol–water partition coefficient (Wildman–Crippen LogP) is 0.691. The molecule has 0 bridgehead atoms. The Labute approximate surface area is 126 Å². The summed E-state index contributed by atoms with van der Waals surface area (Å²) in [5, 5.41) is 10.8. The Morgan fingerprint density at radius 1 is 1.36 bits per heavy atom. The zero-order valence-corrected chi connectivity index (χ0v) is 11.8. The van der Waals surface area contributed by atoms with Crippen LogP contribution in [0.15, 0.2) is 40.5 Å². The normalized spacial score (nSPS) is 20.7. The van der Waals surface area contributed by atoms with E-state index in [0.29, 0.717) is 32.2 Å². The second-order valence-corrected chi connectivity index (χ2v) is 4.88. The van der Waals surface area contributed by atoms with Gasteiger partial charge in [0.15, 0.2) is 0 Å². The lowest BCUT2D eigenvalue weighted by Crippen LogP contribution is -2.61. The number of ether oxygens (including phenoxy) is 1. The lowest BCUT2D eigenvalue weighted by molar-refractivity contribution is -0.128. The number of amides is 1. The Kier molecular flexibility index (Phi) is 3.82. The second kappa shape index (κ2) is 5.92. The van der Waals surface area contributed by atoms with Gasteiger partial charge in [-0.15, -0.1) is 4.91 Å². The molecule has 8 heteroatoms. The number of benzene rings is 1. The zero-order valence-electron chi connectivity index (χ0n) is 11.8. The van der Waals surface area contributed by atoms with Crippen LogP contribution in [0.2, 0.25) is 0 Å². The van der Waals surface area contributed by atoms with Gasteiger partial charge in [0.2, 0.25) is 12.0 Å². The van der Waals surface area contributed by atoms with Crippen LogP contribution >= 0.6 is 0 Å². The highest BCUT2D eigenvalue weighted by molar-refractivity contribution is 6.21. The van der Waals surface area contributed by atoms with Crippen LogP contribution in [-0.2, 0) is 4.79 Å². The third-order valence-corrected chi connectivity index (χ3v) is 3.54. The van der Waals surface area contributed by atoms with E-state index in [4.69, 9.17) is 10.1 Å². The van der Waals surface area contributed by atoms with Crippen LogP contribution in [0.25, 0.3) is 0 Å². The highest BCUT2D eigenvalue weighted by atomic mass is 16.5. The number of nitrogens with one attached hydrogen (secondary N) is 1. The number of guanidine groups is 1. The monoisotopic (exact) mass is 301 g/mol. The summed E-state index contributed by atoms with van der Waals surface area (Å²) < 4.78 is 5.60. The summed E-state index contributed by atoms with van der Waals surface area (Å²) >= 11 is 0. The quantitative estimate of drug-likeness (QED) is 0.809. The number of fused-ring (bicyclic) bond motifs is 1. The number of carbonyl (C=O) groups excluding carboxylic acids is 1. The molecule has 2 aliphatic rings. The Balaban J connectivity index is 1.69. The number of carbonyl (C=O) groups is 1. The first-order chi connectivity index (χ1) is 10.7. The van der Waals surface area contributed by atoms with Crippen molar-refractivity contribution in [3.63, 3.8) is 0 Å². The molecular weight excluding hydrogens is 286 g/mol. The van der Waals surface area contributed by atoms with Crippen LogP contribution in [-0.4, -0.2) is 59.8 Å². The molecule has 1 unspecified atom stereocenters. The van der Waals surface area contributed by atoms with Gasteiger partial charge in [-0.25, -0.2) is 0 Å². The van der Waals surface area contributed by atoms with E-state index in [0.717, 1.165) is 5.75 Å². The molecule has 2 aliphatic heterocycles. The maximum atomic E-state index is 12.0. The smallest absolute Gasteiger partial charge is 0.265 e. The fourth-order valence-electron chi connectivity index (χ4n) is 2.48. The minimum atomic E-state index is -1.30. The highest BCUT2D eigenvalue weighted by Crippen LogP contribution is 2.19. The van der Waals surface area contributed by atoms with Gasteiger partial charge in [-0.1, -0.05) is 18.2 Å². The lowest BCUT2D eigenvalue weighted by atomic mass is 10.1. The maximum Gasteiger partial charge on any atom is 0.265 e. The molecule has 0 aromatic heterocycles. The molecule has 0 saturated carbocycles. The van der Waals surface area contributed by atoms with Crippen molar-refractivity contribution in [1.82, 2.24) is 9.80 Å². The SMILES string of the molecule is N=C1C(N=O)C(=O)N2CCN=C2N1CCOc1ccccc1. The van der Waals surface area contributed by atoms with Crippen molar-refractivity contribution in [3.8, 4) is 5.75 Å². The average Bonchev–Trinajstić information content (AvgIpc) is 3.02. The van der Waals surface area contributed by atoms with E-state index in [1.807, 2.05) is 30.3 Å². The Morgan fingerprint density at radius 2 is 2.14 bits per heavy atom. The van der Waals surface area contributed by atoms with E-state index in [1.165, 1.54) is 9.80 Å². The van der Waals surface area contributed by atoms with E-state index in [9.17, 15) is 9.70 Å². The van der Waals surface area contributed by atoms with Crippen molar-refractivity contribution in [2.45, 2.75) is 6.04 Å². The Hall–Kier alpha value is -2.77. The van der Waals surface area contributed by atoms with Crippen molar-refractivity contribution >= 4 is 17.7 Å². The van der Waals surface area contributed by atoms with Gasteiger partial charge in [0.25, 0.3) is 5.91 Å². The molecule has 3 rings (SSSR count). The van der Waals surface area contributed by atoms with Gasteiger partial charge in [-0.05, 0) is 17.3 Å². The summed E-state index contributed by atoms with van der Waals surface area (Å²) in [7, 11) is 0. The van der Waals surface area contributed by atoms with Gasteiger partial charge < -0.3 is 4.74 Å². The number of para-hydroxylation sites is 1. The summed E-state index contributed by atoms with van der Waals surface area (Å²) in [6, 6.07) is 8.00. The van der Waals surface area contributed by atoms with Crippen LogP contribution in [0.1, 0.15) is 0 Å². The molecule has 22 heavy (non-hydrogen) atoms. The van der Waals surface area contributed by atoms with Crippen LogP contribution < -0.4 is 4.74 Å². The standard InChI is InChI=1S/C14H15N5O3/c15-12-11(17-21)13(20)19-7-6-16-14(19)18(12)8-9-22-10-4-2-1-3-5-10/h1-5,11,15H,6-9H2. The first-order valence-electron chi connectivity index (χ1n) is 6.94. The molecule has 1 aromatic carbocycles. The third kappa shape index (κ3) is 2.43. The number of amidine groups is 1. The maximum absolute atomic E-state index is 12.0. The number of hydrogen-bond donors (Lipinski definition) is 1. The summed E-state index contributed by atoms with van der Waals surface area (Å²) in [5.41, 5.74) is 0. The van der Waals surface area contributed by atoms with E-state index >= 15 is 0 Å². The van der Waals surface area contributed by atoms with Gasteiger partial charge in [0.1, 0.15) is 18.2 Å². The van der Waals surface area contributed by atoms with Crippen LogP contribution in [0.3, 0.4) is 0 Å². The number of nitroso groups, excluding NO2 is 1. The van der Waals surface area contributed by atoms with E-state index in [1.54, 1.807) is 0 Å². The number of rotatable bonds is 5. The van der Waals surface area contributed by atoms with Gasteiger partial charge in [0.05, 0.1) is 13.1 Å². The summed E-state index contributed by atoms with van der Waals surface area (Å²) in [6.07, 6.45) is 0. The molecule has 2 heterocycles. The first kappa shape index (κ1) is 14.2. The van der Waals surface area contributed by atoms with Crippen molar-refractivity contribution in [2.75, 3.05) is 26.2 Å². The molecule has 0 spiro atoms. The zero-order chi connectivity index (χ0) is 15.5. The fraction of sp³-hybridized carbons (Fsp3) is 0.357. The molecule has 1 fully saturated rings. The Bertz CT molecular complexity index is 631. The van der Waals surface area contributed by atoms with Crippen LogP contribution in [0.5, 0.6) is 5.75 Å². The van der Waals surface area contributed by atoms with E-state index < -0.39 is 11.9 Å². The third-order valence-electron chi connectivity index (χ3n) is 3.54. The molecular formula is C14H15N5O3. The van der Waals surface area contributed by atoms with E-state index in [2.05, 4.69) is 10.2 Å². The van der Waals surface area contributed by atoms with Crippen molar-refractivity contribution < 1.29 is 9.53 Å². The number of nitrogens with zero attached hydrogens (tertiary/aromatic N) is 4. The van der Waals surface area contributed by atoms with E-state index in [-0.39, 0.29) is 5.84 Å². The van der Waals surface area contributed by atoms with Crippen molar-refractivity contribution in [2.24, 2.45) is 10.2 Å². The molecule has 8 nitrogen and oxygen atoms in total. The molecule has 0 aliphatic carbocycles. The van der Waals surface area contributed by atoms with Gasteiger partial charge in [0, 0.05) is 6.54 Å². The molecule has 1 saturated heterocycles. The molecule has 1 atom stereocenters. The number of aliphatic imine (C=N–C) groups is 1. The summed E-state index contributed by atoms with van der Waals surface area (Å²) in [4.78, 5) is 30.1. The molecule has 114 valence electrons. The summed E-state index contributed by atoms with van der Waals surface area (Å²) in [6.45, 7) is 1.51. The largest absolute Gasteiger partial charge is 0.492 e. The summed E-state index contributed by atoms with van der Waals surface area (Å²) in [5.74, 6) is 0.508. The Morgan fingerprint density at radius 3 is 2.86 bits per heavy atom. The highest BCUT2D eigenvalue weighted by Gasteiger charge is 2.44. The van der Waals surface area contributed by atoms with Crippen molar-refractivity contribution in [3.05, 3.63) is 35.2 Å². The second-order valence-electron chi connectivity index (χ2n) is 4.88. The first-order valence-corrected chi connectivity index (χ1v) is 6.94. The molecule has 1 amide bonds.